The van der Waals surface area contributed by atoms with Gasteiger partial charge in [-0.3, -0.25) is 4.79 Å². The Morgan fingerprint density at radius 1 is 1.00 bits per heavy atom. The molecule has 180 valence electrons. The topological polar surface area (TPSA) is 62.1 Å². The van der Waals surface area contributed by atoms with E-state index in [4.69, 9.17) is 9.26 Å². The number of hydrogen-bond acceptors (Lipinski definition) is 6. The van der Waals surface area contributed by atoms with Crippen LogP contribution in [0.15, 0.2) is 59.1 Å². The van der Waals surface area contributed by atoms with Crippen molar-refractivity contribution in [2.24, 2.45) is 0 Å². The van der Waals surface area contributed by atoms with Crippen molar-refractivity contribution in [3.63, 3.8) is 0 Å². The highest BCUT2D eigenvalue weighted by Gasteiger charge is 2.27. The maximum atomic E-state index is 13.6. The number of amides is 1. The number of carbonyl (C=O) groups excluding carboxylic acids is 1. The Bertz CT molecular complexity index is 1060. The van der Waals surface area contributed by atoms with Crippen LogP contribution in [0.25, 0.3) is 11.3 Å². The van der Waals surface area contributed by atoms with E-state index in [1.165, 1.54) is 6.42 Å². The summed E-state index contributed by atoms with van der Waals surface area (Å²) in [7, 11) is 5.66. The Labute approximate surface area is 201 Å². The van der Waals surface area contributed by atoms with Gasteiger partial charge in [0.25, 0.3) is 5.91 Å². The average Bonchev–Trinajstić information content (AvgIpc) is 3.30. The van der Waals surface area contributed by atoms with Crippen molar-refractivity contribution in [1.82, 2.24) is 15.0 Å². The number of likely N-dealkylation sites (N-methyl/N-ethyl adjacent to an activating group) is 1. The number of aromatic nitrogens is 1. The zero-order valence-electron chi connectivity index (χ0n) is 20.4. The van der Waals surface area contributed by atoms with Gasteiger partial charge in [-0.15, -0.1) is 0 Å². The van der Waals surface area contributed by atoms with Gasteiger partial charge in [-0.05, 0) is 57.6 Å². The molecule has 0 N–H and O–H groups in total. The highest BCUT2D eigenvalue weighted by Crippen LogP contribution is 2.34. The zero-order chi connectivity index (χ0) is 23.9. The van der Waals surface area contributed by atoms with Crippen LogP contribution in [0.4, 0.5) is 5.88 Å². The quantitative estimate of drug-likeness (QED) is 0.465. The van der Waals surface area contributed by atoms with E-state index in [2.05, 4.69) is 15.0 Å². The number of ether oxygens (including phenoxy) is 1. The molecule has 1 aliphatic heterocycles. The van der Waals surface area contributed by atoms with Crippen molar-refractivity contribution in [1.29, 1.82) is 0 Å². The van der Waals surface area contributed by atoms with E-state index in [9.17, 15) is 4.79 Å². The van der Waals surface area contributed by atoms with Crippen molar-refractivity contribution < 1.29 is 14.1 Å². The highest BCUT2D eigenvalue weighted by atomic mass is 16.5. The molecule has 1 aliphatic rings. The number of benzene rings is 2. The summed E-state index contributed by atoms with van der Waals surface area (Å²) in [5.41, 5.74) is 3.40. The third-order valence-corrected chi connectivity index (χ3v) is 6.25. The fraction of sp³-hybridized carbons (Fsp3) is 0.407. The predicted molar refractivity (Wildman–Crippen MR) is 134 cm³/mol. The Morgan fingerprint density at radius 2 is 1.71 bits per heavy atom. The van der Waals surface area contributed by atoms with Gasteiger partial charge in [0, 0.05) is 37.3 Å². The third-order valence-electron chi connectivity index (χ3n) is 6.25. The first-order valence-corrected chi connectivity index (χ1v) is 11.9. The molecule has 1 amide bonds. The Balaban J connectivity index is 1.69. The highest BCUT2D eigenvalue weighted by molar-refractivity contribution is 5.94. The summed E-state index contributed by atoms with van der Waals surface area (Å²) in [4.78, 5) is 19.9. The average molecular weight is 463 g/mol. The summed E-state index contributed by atoms with van der Waals surface area (Å²) in [5, 5.41) is 4.48. The van der Waals surface area contributed by atoms with Crippen molar-refractivity contribution in [2.45, 2.75) is 25.8 Å². The van der Waals surface area contributed by atoms with Crippen LogP contribution < -0.4 is 9.64 Å². The first kappa shape index (κ1) is 23.8. The van der Waals surface area contributed by atoms with Crippen LogP contribution in [-0.4, -0.2) is 68.2 Å². The molecule has 0 unspecified atom stereocenters. The lowest BCUT2D eigenvalue weighted by Gasteiger charge is -2.29. The second-order valence-corrected chi connectivity index (χ2v) is 8.99. The molecule has 2 aromatic carbocycles. The van der Waals surface area contributed by atoms with Crippen LogP contribution in [0.3, 0.4) is 0 Å². The first-order chi connectivity index (χ1) is 16.6. The molecule has 7 nitrogen and oxygen atoms in total. The predicted octanol–water partition coefficient (Wildman–Crippen LogP) is 4.54. The number of rotatable bonds is 9. The Hall–Kier alpha value is -3.32. The molecule has 34 heavy (non-hydrogen) atoms. The molecule has 1 saturated heterocycles. The van der Waals surface area contributed by atoms with Gasteiger partial charge >= 0.3 is 0 Å². The molecule has 4 rings (SSSR count). The van der Waals surface area contributed by atoms with Gasteiger partial charge in [0.15, 0.2) is 0 Å². The zero-order valence-corrected chi connectivity index (χ0v) is 20.4. The molecule has 0 saturated carbocycles. The van der Waals surface area contributed by atoms with E-state index in [-0.39, 0.29) is 5.91 Å². The Kier molecular flexibility index (Phi) is 7.85. The van der Waals surface area contributed by atoms with Crippen LogP contribution in [0, 0.1) is 0 Å². The van der Waals surface area contributed by atoms with E-state index in [1.54, 1.807) is 7.11 Å². The van der Waals surface area contributed by atoms with Crippen LogP contribution >= 0.6 is 0 Å². The third kappa shape index (κ3) is 5.59. The standard InChI is InChI=1S/C27H34N4O3/c1-29(2)18-19-31(26(32)22-12-14-23(33-3)15-13-22)20-24-25(21-10-6-4-7-11-21)28-34-27(24)30-16-8-5-9-17-30/h4,6-7,10-15H,5,8-9,16-20H2,1-3H3. The Morgan fingerprint density at radius 3 is 2.35 bits per heavy atom. The van der Waals surface area contributed by atoms with E-state index < -0.39 is 0 Å². The molecule has 0 radical (unpaired) electrons. The van der Waals surface area contributed by atoms with E-state index >= 15 is 0 Å². The normalized spacial score (nSPS) is 13.8. The van der Waals surface area contributed by atoms with Gasteiger partial charge in [0.1, 0.15) is 11.4 Å². The fourth-order valence-corrected chi connectivity index (χ4v) is 4.29. The molecule has 0 bridgehead atoms. The largest absolute Gasteiger partial charge is 0.497 e. The molecular weight excluding hydrogens is 428 g/mol. The maximum absolute atomic E-state index is 13.6. The summed E-state index contributed by atoms with van der Waals surface area (Å²) in [6.45, 7) is 3.67. The molecule has 2 heterocycles. The molecule has 7 heteroatoms. The van der Waals surface area contributed by atoms with Crippen LogP contribution in [0.2, 0.25) is 0 Å². The number of carbonyl (C=O) groups is 1. The van der Waals surface area contributed by atoms with E-state index in [0.717, 1.165) is 60.9 Å². The lowest BCUT2D eigenvalue weighted by Crippen LogP contribution is -2.37. The summed E-state index contributed by atoms with van der Waals surface area (Å²) in [5.74, 6) is 1.50. The van der Waals surface area contributed by atoms with Crippen LogP contribution in [0.1, 0.15) is 35.2 Å². The van der Waals surface area contributed by atoms with Crippen LogP contribution in [-0.2, 0) is 6.54 Å². The van der Waals surface area contributed by atoms with Crippen molar-refractivity contribution in [2.75, 3.05) is 52.3 Å². The number of nitrogens with zero attached hydrogens (tertiary/aromatic N) is 4. The molecule has 0 atom stereocenters. The summed E-state index contributed by atoms with van der Waals surface area (Å²) >= 11 is 0. The van der Waals surface area contributed by atoms with E-state index in [0.29, 0.717) is 18.7 Å². The molecule has 0 spiro atoms. The summed E-state index contributed by atoms with van der Waals surface area (Å²) in [6.07, 6.45) is 3.50. The second kappa shape index (κ2) is 11.2. The van der Waals surface area contributed by atoms with Crippen molar-refractivity contribution >= 4 is 11.8 Å². The monoisotopic (exact) mass is 462 g/mol. The molecule has 3 aromatic rings. The lowest BCUT2D eigenvalue weighted by molar-refractivity contribution is 0.0732. The number of piperidine rings is 1. The molecule has 1 fully saturated rings. The van der Waals surface area contributed by atoms with Gasteiger partial charge in [-0.2, -0.15) is 0 Å². The molecule has 0 aliphatic carbocycles. The number of hydrogen-bond donors (Lipinski definition) is 0. The molecule has 1 aromatic heterocycles. The summed E-state index contributed by atoms with van der Waals surface area (Å²) < 4.78 is 11.2. The van der Waals surface area contributed by atoms with Gasteiger partial charge in [0.2, 0.25) is 5.88 Å². The lowest BCUT2D eigenvalue weighted by atomic mass is 10.0. The smallest absolute Gasteiger partial charge is 0.254 e. The number of methoxy groups -OCH3 is 1. The van der Waals surface area contributed by atoms with Gasteiger partial charge < -0.3 is 24.0 Å². The molecular formula is C27H34N4O3. The van der Waals surface area contributed by atoms with Gasteiger partial charge in [-0.25, -0.2) is 0 Å². The van der Waals surface area contributed by atoms with Crippen LogP contribution in [0.5, 0.6) is 5.75 Å². The van der Waals surface area contributed by atoms with Gasteiger partial charge in [-0.1, -0.05) is 35.5 Å². The minimum Gasteiger partial charge on any atom is -0.497 e. The van der Waals surface area contributed by atoms with E-state index in [1.807, 2.05) is 73.6 Å². The minimum absolute atomic E-state index is 0.0192. The SMILES string of the molecule is COc1ccc(C(=O)N(CCN(C)C)Cc2c(-c3ccccc3)noc2N2CCCCC2)cc1. The maximum Gasteiger partial charge on any atom is 0.254 e. The number of anilines is 1. The van der Waals surface area contributed by atoms with Crippen molar-refractivity contribution in [3.05, 3.63) is 65.7 Å². The van der Waals surface area contributed by atoms with Crippen molar-refractivity contribution in [3.8, 4) is 17.0 Å². The summed E-state index contributed by atoms with van der Waals surface area (Å²) in [6, 6.07) is 17.4. The fourth-order valence-electron chi connectivity index (χ4n) is 4.29. The second-order valence-electron chi connectivity index (χ2n) is 8.99. The first-order valence-electron chi connectivity index (χ1n) is 11.9. The minimum atomic E-state index is -0.0192. The van der Waals surface area contributed by atoms with Gasteiger partial charge in [0.05, 0.1) is 19.2 Å².